The molecule has 0 bridgehead atoms. The van der Waals surface area contributed by atoms with Crippen LogP contribution in [0.2, 0.25) is 0 Å². The molecule has 0 radical (unpaired) electrons. The van der Waals surface area contributed by atoms with Gasteiger partial charge in [0.05, 0.1) is 6.20 Å². The Hall–Kier alpha value is -2.89. The summed E-state index contributed by atoms with van der Waals surface area (Å²) in [5, 5.41) is 9.74. The monoisotopic (exact) mass is 269 g/mol. The van der Waals surface area contributed by atoms with Crippen molar-refractivity contribution in [1.29, 1.82) is 0 Å². The minimum atomic E-state index is -0.668. The van der Waals surface area contributed by atoms with Gasteiger partial charge < -0.3 is 9.73 Å². The molecule has 6 heteroatoms. The number of rotatable bonds is 2. The largest absolute Gasteiger partial charge is 0.422 e. The smallest absolute Gasteiger partial charge is 0.349 e. The highest BCUT2D eigenvalue weighted by atomic mass is 16.4. The number of aromatic nitrogens is 2. The van der Waals surface area contributed by atoms with Crippen LogP contribution in [0.25, 0.3) is 11.0 Å². The average molecular weight is 269 g/mol. The summed E-state index contributed by atoms with van der Waals surface area (Å²) in [7, 11) is 0. The highest BCUT2D eigenvalue weighted by Crippen LogP contribution is 2.14. The minimum absolute atomic E-state index is 0.0438. The molecule has 6 nitrogen and oxygen atoms in total. The second-order valence-electron chi connectivity index (χ2n) is 4.37. The van der Waals surface area contributed by atoms with Gasteiger partial charge in [-0.25, -0.2) is 4.79 Å². The number of anilines is 1. The van der Waals surface area contributed by atoms with Crippen LogP contribution in [0.1, 0.15) is 15.9 Å². The topological polar surface area (TPSA) is 88.0 Å². The molecule has 3 aromatic rings. The Balaban J connectivity index is 2.01. The van der Waals surface area contributed by atoms with Gasteiger partial charge in [0.2, 0.25) is 0 Å². The molecule has 0 saturated heterocycles. The molecule has 0 aliphatic heterocycles. The van der Waals surface area contributed by atoms with E-state index in [-0.39, 0.29) is 5.56 Å². The van der Waals surface area contributed by atoms with E-state index >= 15 is 0 Å². The molecule has 0 fully saturated rings. The number of para-hydroxylation sites is 1. The van der Waals surface area contributed by atoms with Gasteiger partial charge in [0.15, 0.2) is 0 Å². The third-order valence-corrected chi connectivity index (χ3v) is 2.95. The molecule has 0 saturated carbocycles. The second-order valence-corrected chi connectivity index (χ2v) is 4.37. The van der Waals surface area contributed by atoms with Crippen LogP contribution in [-0.2, 0) is 0 Å². The SMILES string of the molecule is Cc1cn[nH]c1NC(=O)c1cc2ccccc2oc1=O. The maximum atomic E-state index is 12.1. The third kappa shape index (κ3) is 2.07. The lowest BCUT2D eigenvalue weighted by molar-refractivity contribution is 0.102. The van der Waals surface area contributed by atoms with Gasteiger partial charge in [-0.05, 0) is 19.1 Å². The van der Waals surface area contributed by atoms with Gasteiger partial charge in [0.25, 0.3) is 5.91 Å². The van der Waals surface area contributed by atoms with Crippen molar-refractivity contribution in [2.45, 2.75) is 6.92 Å². The fourth-order valence-electron chi connectivity index (χ4n) is 1.87. The molecule has 2 aromatic heterocycles. The summed E-state index contributed by atoms with van der Waals surface area (Å²) >= 11 is 0. The number of nitrogens with one attached hydrogen (secondary N) is 2. The molecule has 1 aromatic carbocycles. The summed E-state index contributed by atoms with van der Waals surface area (Å²) in [5.74, 6) is -0.0700. The summed E-state index contributed by atoms with van der Waals surface area (Å²) in [4.78, 5) is 23.9. The van der Waals surface area contributed by atoms with Gasteiger partial charge in [0.1, 0.15) is 17.0 Å². The Labute approximate surface area is 113 Å². The predicted molar refractivity (Wildman–Crippen MR) is 73.8 cm³/mol. The second kappa shape index (κ2) is 4.65. The van der Waals surface area contributed by atoms with Crippen LogP contribution in [0, 0.1) is 6.92 Å². The van der Waals surface area contributed by atoms with E-state index < -0.39 is 11.5 Å². The van der Waals surface area contributed by atoms with E-state index in [1.54, 1.807) is 31.3 Å². The third-order valence-electron chi connectivity index (χ3n) is 2.95. The molecule has 20 heavy (non-hydrogen) atoms. The van der Waals surface area contributed by atoms with Crippen LogP contribution in [0.5, 0.6) is 0 Å². The van der Waals surface area contributed by atoms with Crippen LogP contribution in [0.3, 0.4) is 0 Å². The number of carbonyl (C=O) groups excluding carboxylic acids is 1. The van der Waals surface area contributed by atoms with E-state index in [9.17, 15) is 9.59 Å². The molecule has 100 valence electrons. The lowest BCUT2D eigenvalue weighted by Crippen LogP contribution is -2.21. The molecule has 0 unspecified atom stereocenters. The van der Waals surface area contributed by atoms with Crippen LogP contribution in [0.4, 0.5) is 5.82 Å². The van der Waals surface area contributed by atoms with Crippen LogP contribution in [-0.4, -0.2) is 16.1 Å². The maximum absolute atomic E-state index is 12.1. The Bertz CT molecular complexity index is 848. The number of hydrogen-bond donors (Lipinski definition) is 2. The van der Waals surface area contributed by atoms with Gasteiger partial charge in [-0.1, -0.05) is 18.2 Å². The van der Waals surface area contributed by atoms with Crippen molar-refractivity contribution in [1.82, 2.24) is 10.2 Å². The van der Waals surface area contributed by atoms with Crippen LogP contribution >= 0.6 is 0 Å². The van der Waals surface area contributed by atoms with Crippen molar-refractivity contribution >= 4 is 22.7 Å². The predicted octanol–water partition coefficient (Wildman–Crippen LogP) is 2.08. The first-order valence-electron chi connectivity index (χ1n) is 5.99. The maximum Gasteiger partial charge on any atom is 0.349 e. The Morgan fingerprint density at radius 2 is 2.15 bits per heavy atom. The van der Waals surface area contributed by atoms with Gasteiger partial charge in [-0.15, -0.1) is 0 Å². The van der Waals surface area contributed by atoms with Gasteiger partial charge in [0, 0.05) is 10.9 Å². The summed E-state index contributed by atoms with van der Waals surface area (Å²) in [6.07, 6.45) is 1.58. The van der Waals surface area contributed by atoms with Crippen LogP contribution < -0.4 is 10.9 Å². The number of amides is 1. The van der Waals surface area contributed by atoms with Gasteiger partial charge in [-0.3, -0.25) is 9.89 Å². The highest BCUT2D eigenvalue weighted by molar-refractivity contribution is 6.05. The fraction of sp³-hybridized carbons (Fsp3) is 0.0714. The first-order valence-corrected chi connectivity index (χ1v) is 5.99. The standard InChI is InChI=1S/C14H11N3O3/c1-8-7-15-17-12(8)16-13(18)10-6-9-4-2-3-5-11(9)20-14(10)19/h2-7H,1H3,(H2,15,16,17,18). The zero-order chi connectivity index (χ0) is 14.1. The van der Waals surface area contributed by atoms with Crippen molar-refractivity contribution in [3.05, 3.63) is 58.1 Å². The summed E-state index contributed by atoms with van der Waals surface area (Å²) < 4.78 is 5.12. The Kier molecular flexibility index (Phi) is 2.83. The molecule has 1 amide bonds. The van der Waals surface area contributed by atoms with E-state index in [4.69, 9.17) is 4.42 Å². The molecule has 0 atom stereocenters. The minimum Gasteiger partial charge on any atom is -0.422 e. The number of benzene rings is 1. The lowest BCUT2D eigenvalue weighted by atomic mass is 10.2. The number of fused-ring (bicyclic) bond motifs is 1. The number of H-pyrrole nitrogens is 1. The van der Waals surface area contributed by atoms with Gasteiger partial charge >= 0.3 is 5.63 Å². The molecule has 2 N–H and O–H groups in total. The van der Waals surface area contributed by atoms with Gasteiger partial charge in [-0.2, -0.15) is 5.10 Å². The molecule has 3 rings (SSSR count). The van der Waals surface area contributed by atoms with Crippen molar-refractivity contribution in [3.63, 3.8) is 0 Å². The molecule has 0 aliphatic rings. The van der Waals surface area contributed by atoms with Crippen LogP contribution in [0.15, 0.2) is 45.7 Å². The lowest BCUT2D eigenvalue weighted by Gasteiger charge is -2.03. The zero-order valence-electron chi connectivity index (χ0n) is 10.6. The van der Waals surface area contributed by atoms with Crippen molar-refractivity contribution in [2.24, 2.45) is 0 Å². The number of aryl methyl sites for hydroxylation is 1. The highest BCUT2D eigenvalue weighted by Gasteiger charge is 2.15. The number of carbonyl (C=O) groups is 1. The van der Waals surface area contributed by atoms with Crippen molar-refractivity contribution in [3.8, 4) is 0 Å². The first-order chi connectivity index (χ1) is 9.65. The number of nitrogens with zero attached hydrogens (tertiary/aromatic N) is 1. The summed E-state index contributed by atoms with van der Waals surface area (Å²) in [6.45, 7) is 1.79. The molecule has 0 spiro atoms. The fourth-order valence-corrected chi connectivity index (χ4v) is 1.87. The molecular weight excluding hydrogens is 258 g/mol. The van der Waals surface area contributed by atoms with E-state index in [0.29, 0.717) is 16.8 Å². The quantitative estimate of drug-likeness (QED) is 0.697. The van der Waals surface area contributed by atoms with Crippen molar-refractivity contribution in [2.75, 3.05) is 5.32 Å². The molecule has 2 heterocycles. The summed E-state index contributed by atoms with van der Waals surface area (Å²) in [5.41, 5.74) is 0.520. The number of aromatic amines is 1. The molecular formula is C14H11N3O3. The van der Waals surface area contributed by atoms with E-state index in [1.165, 1.54) is 6.07 Å². The Morgan fingerprint density at radius 3 is 2.90 bits per heavy atom. The normalized spacial score (nSPS) is 10.7. The Morgan fingerprint density at radius 1 is 1.35 bits per heavy atom. The average Bonchev–Trinajstić information content (AvgIpc) is 2.83. The number of hydrogen-bond acceptors (Lipinski definition) is 4. The van der Waals surface area contributed by atoms with Crippen molar-refractivity contribution < 1.29 is 9.21 Å². The van der Waals surface area contributed by atoms with E-state index in [1.807, 2.05) is 6.07 Å². The molecule has 0 aliphatic carbocycles. The van der Waals surface area contributed by atoms with E-state index in [2.05, 4.69) is 15.5 Å². The summed E-state index contributed by atoms with van der Waals surface area (Å²) in [6, 6.07) is 8.54. The first kappa shape index (κ1) is 12.2. The van der Waals surface area contributed by atoms with E-state index in [0.717, 1.165) is 5.56 Å². The zero-order valence-corrected chi connectivity index (χ0v) is 10.6.